The summed E-state index contributed by atoms with van der Waals surface area (Å²) in [5, 5.41) is 1.34. The maximum atomic E-state index is 13.5. The molecule has 1 saturated heterocycles. The third kappa shape index (κ3) is 4.43. The van der Waals surface area contributed by atoms with Gasteiger partial charge in [0.25, 0.3) is 0 Å². The van der Waals surface area contributed by atoms with Crippen LogP contribution in [0, 0.1) is 5.92 Å². The zero-order chi connectivity index (χ0) is 23.8. The summed E-state index contributed by atoms with van der Waals surface area (Å²) in [6, 6.07) is 17.0. The Kier molecular flexibility index (Phi) is 6.83. The fourth-order valence-electron chi connectivity index (χ4n) is 5.44. The van der Waals surface area contributed by atoms with E-state index in [1.165, 1.54) is 36.2 Å². The lowest BCUT2D eigenvalue weighted by molar-refractivity contribution is 0.0806. The number of fused-ring (bicyclic) bond motifs is 3. The van der Waals surface area contributed by atoms with E-state index in [0.29, 0.717) is 6.61 Å². The van der Waals surface area contributed by atoms with Gasteiger partial charge < -0.3 is 9.72 Å². The van der Waals surface area contributed by atoms with Gasteiger partial charge in [0.1, 0.15) is 12.4 Å². The van der Waals surface area contributed by atoms with Crippen LogP contribution in [-0.4, -0.2) is 55.9 Å². The summed E-state index contributed by atoms with van der Waals surface area (Å²) in [6.45, 7) is 12.7. The fourth-order valence-corrected chi connectivity index (χ4v) is 6.79. The molecular weight excluding hydrogens is 442 g/mol. The first kappa shape index (κ1) is 23.6. The van der Waals surface area contributed by atoms with Gasteiger partial charge in [-0.3, -0.25) is 4.90 Å². The molecule has 3 atom stereocenters. The van der Waals surface area contributed by atoms with E-state index in [2.05, 4.69) is 76.6 Å². The summed E-state index contributed by atoms with van der Waals surface area (Å²) >= 11 is 0. The van der Waals surface area contributed by atoms with E-state index in [1.807, 2.05) is 13.8 Å². The molecule has 1 aromatic heterocycles. The van der Waals surface area contributed by atoms with E-state index in [1.54, 1.807) is 0 Å². The van der Waals surface area contributed by atoms with Crippen LogP contribution in [0.4, 0.5) is 0 Å². The number of nitrogens with zero attached hydrogens (tertiary/aromatic N) is 2. The molecule has 3 aromatic rings. The molecule has 2 aromatic carbocycles. The SMILES string of the molecule is CCC1CN(CCOc2ccc([C@@H]3c4[nH]c5ccccc5c4C[C@@H](C)N3[S@](=O)C(C)C)cc2)C1. The molecule has 0 aliphatic carbocycles. The molecule has 6 heteroatoms. The number of hydrogen-bond donors (Lipinski definition) is 1. The summed E-state index contributed by atoms with van der Waals surface area (Å²) in [5.74, 6) is 1.76. The van der Waals surface area contributed by atoms with Crippen LogP contribution in [-0.2, 0) is 17.4 Å². The lowest BCUT2D eigenvalue weighted by Gasteiger charge is -2.40. The maximum absolute atomic E-state index is 13.5. The van der Waals surface area contributed by atoms with Crippen molar-refractivity contribution in [1.29, 1.82) is 0 Å². The number of likely N-dealkylation sites (tertiary alicyclic amines) is 1. The molecule has 5 nitrogen and oxygen atoms in total. The zero-order valence-electron chi connectivity index (χ0n) is 20.8. The maximum Gasteiger partial charge on any atom is 0.119 e. The third-order valence-electron chi connectivity index (χ3n) is 7.40. The van der Waals surface area contributed by atoms with Crippen molar-refractivity contribution >= 4 is 21.9 Å². The Morgan fingerprint density at radius 2 is 1.85 bits per heavy atom. The molecular formula is C28H37N3O2S. The number of rotatable bonds is 8. The van der Waals surface area contributed by atoms with Crippen LogP contribution in [0.5, 0.6) is 5.75 Å². The van der Waals surface area contributed by atoms with Gasteiger partial charge in [-0.15, -0.1) is 0 Å². The van der Waals surface area contributed by atoms with E-state index < -0.39 is 11.0 Å². The molecule has 182 valence electrons. The predicted octanol–water partition coefficient (Wildman–Crippen LogP) is 5.30. The van der Waals surface area contributed by atoms with E-state index >= 15 is 0 Å². The molecule has 1 N–H and O–H groups in total. The Morgan fingerprint density at radius 3 is 2.56 bits per heavy atom. The van der Waals surface area contributed by atoms with Crippen LogP contribution in [0.3, 0.4) is 0 Å². The number of nitrogens with one attached hydrogen (secondary N) is 1. The minimum atomic E-state index is -1.09. The standard InChI is InChI=1S/C28H37N3O2S/c1-5-21-17-30(18-21)14-15-33-23-12-10-22(11-13-23)28-27-25(24-8-6-7-9-26(24)29-27)16-20(4)31(28)34(32)19(2)3/h6-13,19-21,28-29H,5,14-18H2,1-4H3/t20-,28-,34-/m1/s1. The van der Waals surface area contributed by atoms with Crippen LogP contribution in [0.2, 0.25) is 0 Å². The first-order valence-electron chi connectivity index (χ1n) is 12.7. The van der Waals surface area contributed by atoms with Crippen molar-refractivity contribution in [1.82, 2.24) is 14.2 Å². The number of H-pyrrole nitrogens is 1. The van der Waals surface area contributed by atoms with Crippen molar-refractivity contribution in [2.45, 2.75) is 57.9 Å². The Morgan fingerprint density at radius 1 is 1.12 bits per heavy atom. The van der Waals surface area contributed by atoms with Gasteiger partial charge in [-0.2, -0.15) is 0 Å². The summed E-state index contributed by atoms with van der Waals surface area (Å²) in [5.41, 5.74) is 4.82. The third-order valence-corrected chi connectivity index (χ3v) is 9.19. The van der Waals surface area contributed by atoms with Crippen LogP contribution in [0.1, 0.15) is 57.0 Å². The second-order valence-corrected chi connectivity index (χ2v) is 12.1. The first-order chi connectivity index (χ1) is 16.5. The molecule has 0 bridgehead atoms. The molecule has 34 heavy (non-hydrogen) atoms. The molecule has 0 saturated carbocycles. The molecule has 2 aliphatic rings. The lowest BCUT2D eigenvalue weighted by atomic mass is 9.91. The molecule has 0 radical (unpaired) electrons. The van der Waals surface area contributed by atoms with Crippen LogP contribution in [0.15, 0.2) is 48.5 Å². The molecule has 1 fully saturated rings. The average molecular weight is 480 g/mol. The van der Waals surface area contributed by atoms with Crippen LogP contribution < -0.4 is 4.74 Å². The Balaban J connectivity index is 1.40. The van der Waals surface area contributed by atoms with E-state index in [-0.39, 0.29) is 17.3 Å². The Labute approximate surface area is 206 Å². The number of aromatic amines is 1. The monoisotopic (exact) mass is 479 g/mol. The number of para-hydroxylation sites is 1. The van der Waals surface area contributed by atoms with E-state index in [4.69, 9.17) is 4.74 Å². The van der Waals surface area contributed by atoms with Gasteiger partial charge in [0.05, 0.1) is 17.0 Å². The Bertz CT molecular complexity index is 1150. The quantitative estimate of drug-likeness (QED) is 0.477. The molecule has 0 amide bonds. The second kappa shape index (κ2) is 9.84. The van der Waals surface area contributed by atoms with Crippen LogP contribution >= 0.6 is 0 Å². The van der Waals surface area contributed by atoms with E-state index in [9.17, 15) is 4.21 Å². The van der Waals surface area contributed by atoms with Gasteiger partial charge >= 0.3 is 0 Å². The molecule has 2 aliphatic heterocycles. The van der Waals surface area contributed by atoms with E-state index in [0.717, 1.165) is 35.7 Å². The molecule has 0 unspecified atom stereocenters. The summed E-state index contributed by atoms with van der Waals surface area (Å²) < 4.78 is 21.7. The number of benzene rings is 2. The first-order valence-corrected chi connectivity index (χ1v) is 13.9. The average Bonchev–Trinajstić information content (AvgIpc) is 3.17. The Hall–Kier alpha value is -2.15. The van der Waals surface area contributed by atoms with Gasteiger partial charge in [0.15, 0.2) is 0 Å². The summed E-state index contributed by atoms with van der Waals surface area (Å²) in [4.78, 5) is 6.14. The van der Waals surface area contributed by atoms with Crippen molar-refractivity contribution < 1.29 is 8.95 Å². The highest BCUT2D eigenvalue weighted by Gasteiger charge is 2.39. The van der Waals surface area contributed by atoms with Gasteiger partial charge in [0, 0.05) is 47.5 Å². The summed E-state index contributed by atoms with van der Waals surface area (Å²) in [7, 11) is -1.09. The van der Waals surface area contributed by atoms with Crippen LogP contribution in [0.25, 0.3) is 10.9 Å². The van der Waals surface area contributed by atoms with Crippen molar-refractivity contribution in [2.24, 2.45) is 5.92 Å². The highest BCUT2D eigenvalue weighted by atomic mass is 32.2. The number of hydrogen-bond acceptors (Lipinski definition) is 3. The van der Waals surface area contributed by atoms with Gasteiger partial charge in [-0.25, -0.2) is 8.51 Å². The van der Waals surface area contributed by atoms with Gasteiger partial charge in [-0.1, -0.05) is 43.7 Å². The fraction of sp³-hybridized carbons (Fsp3) is 0.500. The van der Waals surface area contributed by atoms with Crippen molar-refractivity contribution in [3.8, 4) is 5.75 Å². The van der Waals surface area contributed by atoms with Crippen molar-refractivity contribution in [3.63, 3.8) is 0 Å². The molecule has 3 heterocycles. The lowest BCUT2D eigenvalue weighted by Crippen LogP contribution is -2.47. The second-order valence-electron chi connectivity index (χ2n) is 10.2. The van der Waals surface area contributed by atoms with Gasteiger partial charge in [0.2, 0.25) is 0 Å². The highest BCUT2D eigenvalue weighted by molar-refractivity contribution is 7.83. The molecule has 0 spiro atoms. The summed E-state index contributed by atoms with van der Waals surface area (Å²) in [6.07, 6.45) is 2.17. The smallest absolute Gasteiger partial charge is 0.119 e. The predicted molar refractivity (Wildman–Crippen MR) is 141 cm³/mol. The molecule has 5 rings (SSSR count). The number of aromatic nitrogens is 1. The normalized spacial score (nSPS) is 22.6. The highest BCUT2D eigenvalue weighted by Crippen LogP contribution is 2.42. The number of ether oxygens (including phenoxy) is 1. The minimum Gasteiger partial charge on any atom is -0.492 e. The van der Waals surface area contributed by atoms with Gasteiger partial charge in [-0.05, 0) is 62.4 Å². The van der Waals surface area contributed by atoms with Crippen molar-refractivity contribution in [2.75, 3.05) is 26.2 Å². The minimum absolute atomic E-state index is 0.0623. The van der Waals surface area contributed by atoms with Crippen molar-refractivity contribution in [3.05, 3.63) is 65.4 Å². The topological polar surface area (TPSA) is 48.6 Å². The zero-order valence-corrected chi connectivity index (χ0v) is 21.6. The largest absolute Gasteiger partial charge is 0.492 e.